The summed E-state index contributed by atoms with van der Waals surface area (Å²) in [7, 11) is 3.98. The molecule has 1 N–H and O–H groups in total. The molecule has 4 rings (SSSR count). The fourth-order valence-corrected chi connectivity index (χ4v) is 4.01. The average molecular weight is 366 g/mol. The molecular weight excluding hydrogens is 348 g/mol. The lowest BCUT2D eigenvalue weighted by Gasteiger charge is -2.36. The van der Waals surface area contributed by atoms with Crippen LogP contribution in [0.3, 0.4) is 0 Å². The van der Waals surface area contributed by atoms with E-state index >= 15 is 0 Å². The number of allylic oxidation sites excluding steroid dienone is 2. The van der Waals surface area contributed by atoms with Crippen molar-refractivity contribution in [2.45, 2.75) is 11.4 Å². The number of aliphatic hydroxyl groups is 1. The lowest BCUT2D eigenvalue weighted by molar-refractivity contribution is -0.201. The van der Waals surface area contributed by atoms with Gasteiger partial charge >= 0.3 is 0 Å². The van der Waals surface area contributed by atoms with Crippen LogP contribution in [-0.2, 0) is 24.6 Å². The van der Waals surface area contributed by atoms with Crippen LogP contribution < -0.4 is 0 Å². The maximum atomic E-state index is 13.3. The van der Waals surface area contributed by atoms with Crippen LogP contribution in [0.15, 0.2) is 59.9 Å². The lowest BCUT2D eigenvalue weighted by Crippen LogP contribution is -2.52. The van der Waals surface area contributed by atoms with E-state index < -0.39 is 23.0 Å². The minimum Gasteiger partial charge on any atom is -0.495 e. The molecule has 27 heavy (non-hydrogen) atoms. The molecule has 0 fully saturated rings. The van der Waals surface area contributed by atoms with Gasteiger partial charge in [-0.25, -0.2) is 0 Å². The number of methoxy groups -OCH3 is 3. The van der Waals surface area contributed by atoms with Crippen molar-refractivity contribution in [3.63, 3.8) is 0 Å². The molecule has 2 aromatic carbocycles. The predicted molar refractivity (Wildman–Crippen MR) is 97.1 cm³/mol. The second kappa shape index (κ2) is 5.85. The molecule has 0 spiro atoms. The number of carbonyl (C=O) groups is 2. The van der Waals surface area contributed by atoms with Crippen LogP contribution in [0.5, 0.6) is 0 Å². The van der Waals surface area contributed by atoms with Gasteiger partial charge < -0.3 is 19.3 Å². The quantitative estimate of drug-likeness (QED) is 0.836. The molecule has 0 bridgehead atoms. The number of carbonyl (C=O) groups excluding carboxylic acids is 2. The van der Waals surface area contributed by atoms with E-state index in [1.807, 2.05) is 12.1 Å². The Balaban J connectivity index is 1.98. The Morgan fingerprint density at radius 2 is 1.56 bits per heavy atom. The number of benzene rings is 2. The molecule has 2 aliphatic carbocycles. The maximum Gasteiger partial charge on any atom is 0.293 e. The molecular formula is C21H18O6. The Labute approximate surface area is 155 Å². The van der Waals surface area contributed by atoms with Crippen LogP contribution >= 0.6 is 0 Å². The summed E-state index contributed by atoms with van der Waals surface area (Å²) in [5, 5.41) is 13.0. The van der Waals surface area contributed by atoms with Gasteiger partial charge in [-0.1, -0.05) is 36.4 Å². The largest absolute Gasteiger partial charge is 0.495 e. The number of rotatable bonds is 4. The van der Waals surface area contributed by atoms with Crippen LogP contribution in [0.2, 0.25) is 0 Å². The van der Waals surface area contributed by atoms with Crippen molar-refractivity contribution in [1.29, 1.82) is 0 Å². The summed E-state index contributed by atoms with van der Waals surface area (Å²) in [6.45, 7) is 0. The molecule has 0 heterocycles. The molecule has 6 heteroatoms. The van der Waals surface area contributed by atoms with Crippen LogP contribution in [-0.4, -0.2) is 43.8 Å². The summed E-state index contributed by atoms with van der Waals surface area (Å²) in [6.07, 6.45) is 2.86. The number of hydrogen-bond donors (Lipinski definition) is 1. The van der Waals surface area contributed by atoms with Gasteiger partial charge in [0.05, 0.1) is 7.11 Å². The first-order valence-corrected chi connectivity index (χ1v) is 8.37. The van der Waals surface area contributed by atoms with Crippen molar-refractivity contribution in [3.8, 4) is 0 Å². The van der Waals surface area contributed by atoms with E-state index in [1.165, 1.54) is 33.5 Å². The van der Waals surface area contributed by atoms with Crippen LogP contribution in [0.25, 0.3) is 10.8 Å². The summed E-state index contributed by atoms with van der Waals surface area (Å²) in [5.74, 6) is -2.97. The number of Topliss-reactive ketones (excluding diaryl/α,β-unsaturated/α-hetero) is 2. The normalized spacial score (nSPS) is 23.4. The van der Waals surface area contributed by atoms with Crippen molar-refractivity contribution in [2.24, 2.45) is 0 Å². The second-order valence-corrected chi connectivity index (χ2v) is 6.42. The topological polar surface area (TPSA) is 82.1 Å². The van der Waals surface area contributed by atoms with Crippen LogP contribution in [0.1, 0.15) is 15.9 Å². The molecule has 0 amide bonds. The molecule has 2 aromatic rings. The first kappa shape index (κ1) is 17.6. The maximum absolute atomic E-state index is 13.3. The highest BCUT2D eigenvalue weighted by molar-refractivity contribution is 6.25. The number of ether oxygens (including phenoxy) is 3. The third-order valence-electron chi connectivity index (χ3n) is 5.32. The Morgan fingerprint density at radius 3 is 2.19 bits per heavy atom. The molecule has 0 saturated carbocycles. The summed E-state index contributed by atoms with van der Waals surface area (Å²) < 4.78 is 15.9. The Kier molecular flexibility index (Phi) is 3.82. The van der Waals surface area contributed by atoms with Crippen molar-refractivity contribution in [2.75, 3.05) is 21.3 Å². The molecule has 0 saturated heterocycles. The van der Waals surface area contributed by atoms with Crippen molar-refractivity contribution >= 4 is 22.3 Å². The van der Waals surface area contributed by atoms with E-state index in [1.54, 1.807) is 24.3 Å². The highest BCUT2D eigenvalue weighted by atomic mass is 16.7. The van der Waals surface area contributed by atoms with Gasteiger partial charge in [0, 0.05) is 30.9 Å². The Bertz CT molecular complexity index is 1040. The highest BCUT2D eigenvalue weighted by Gasteiger charge is 2.58. The van der Waals surface area contributed by atoms with Gasteiger partial charge in [-0.05, 0) is 22.9 Å². The third kappa shape index (κ3) is 2.00. The summed E-state index contributed by atoms with van der Waals surface area (Å²) in [6, 6.07) is 10.5. The SMILES string of the molecule is COC1=CC=C(C2(O)C(=O)c3cccc4cccc2c34)C(=O)C1(OC)OC. The third-order valence-corrected chi connectivity index (χ3v) is 5.32. The van der Waals surface area contributed by atoms with Gasteiger partial charge in [0.15, 0.2) is 11.4 Å². The minimum atomic E-state index is -2.13. The molecule has 2 aliphatic rings. The molecule has 138 valence electrons. The first-order valence-electron chi connectivity index (χ1n) is 8.37. The van der Waals surface area contributed by atoms with E-state index in [0.29, 0.717) is 16.5 Å². The lowest BCUT2D eigenvalue weighted by atomic mass is 9.78. The van der Waals surface area contributed by atoms with E-state index in [0.717, 1.165) is 5.39 Å². The Hall–Kier alpha value is -2.80. The first-order chi connectivity index (χ1) is 13.0. The van der Waals surface area contributed by atoms with Gasteiger partial charge in [-0.2, -0.15) is 0 Å². The monoisotopic (exact) mass is 366 g/mol. The number of hydrogen-bond acceptors (Lipinski definition) is 6. The molecule has 1 unspecified atom stereocenters. The zero-order valence-corrected chi connectivity index (χ0v) is 15.1. The molecule has 0 radical (unpaired) electrons. The smallest absolute Gasteiger partial charge is 0.293 e. The van der Waals surface area contributed by atoms with Crippen molar-refractivity contribution in [3.05, 3.63) is 71.0 Å². The minimum absolute atomic E-state index is 0.124. The van der Waals surface area contributed by atoms with E-state index in [9.17, 15) is 14.7 Å². The molecule has 6 nitrogen and oxygen atoms in total. The van der Waals surface area contributed by atoms with Gasteiger partial charge in [0.1, 0.15) is 0 Å². The molecule has 0 aromatic heterocycles. The molecule has 0 aliphatic heterocycles. The fraction of sp³-hybridized carbons (Fsp3) is 0.238. The average Bonchev–Trinajstić information content (AvgIpc) is 2.92. The molecule has 1 atom stereocenters. The van der Waals surface area contributed by atoms with E-state index in [4.69, 9.17) is 14.2 Å². The predicted octanol–water partition coefficient (Wildman–Crippen LogP) is 2.25. The zero-order valence-electron chi connectivity index (χ0n) is 15.1. The van der Waals surface area contributed by atoms with Gasteiger partial charge in [-0.3, -0.25) is 9.59 Å². The fourth-order valence-electron chi connectivity index (χ4n) is 4.01. The van der Waals surface area contributed by atoms with Crippen LogP contribution in [0, 0.1) is 0 Å². The van der Waals surface area contributed by atoms with Crippen molar-refractivity contribution in [1.82, 2.24) is 0 Å². The summed E-state index contributed by atoms with van der Waals surface area (Å²) in [5.41, 5.74) is -1.50. The standard InChI is InChI=1S/C21H18O6/c1-25-16-11-10-15(19(23)21(16,26-2)27-3)20(24)14-9-5-7-12-6-4-8-13(17(12)14)18(20)22/h4-11,24H,1-3H3. The van der Waals surface area contributed by atoms with Crippen molar-refractivity contribution < 1.29 is 28.9 Å². The second-order valence-electron chi connectivity index (χ2n) is 6.42. The van der Waals surface area contributed by atoms with Gasteiger partial charge in [-0.15, -0.1) is 0 Å². The van der Waals surface area contributed by atoms with Gasteiger partial charge in [0.25, 0.3) is 5.79 Å². The summed E-state index contributed by atoms with van der Waals surface area (Å²) in [4.78, 5) is 26.5. The van der Waals surface area contributed by atoms with E-state index in [2.05, 4.69) is 0 Å². The Morgan fingerprint density at radius 1 is 0.889 bits per heavy atom. The summed E-state index contributed by atoms with van der Waals surface area (Å²) >= 11 is 0. The van der Waals surface area contributed by atoms with Gasteiger partial charge in [0.2, 0.25) is 11.6 Å². The highest BCUT2D eigenvalue weighted by Crippen LogP contribution is 2.48. The van der Waals surface area contributed by atoms with Crippen LogP contribution in [0.4, 0.5) is 0 Å². The van der Waals surface area contributed by atoms with E-state index in [-0.39, 0.29) is 11.3 Å². The number of ketones is 2. The zero-order chi connectivity index (χ0) is 19.4.